The van der Waals surface area contributed by atoms with Crippen LogP contribution in [0.5, 0.6) is 0 Å². The van der Waals surface area contributed by atoms with Crippen LogP contribution in [-0.2, 0) is 4.79 Å². The zero-order valence-corrected chi connectivity index (χ0v) is 11.9. The molecule has 0 amide bonds. The lowest BCUT2D eigenvalue weighted by Gasteiger charge is -2.08. The molecule has 0 aromatic heterocycles. The number of hydrogen-bond acceptors (Lipinski definition) is 1. The van der Waals surface area contributed by atoms with Crippen molar-refractivity contribution in [2.45, 2.75) is 6.92 Å². The number of rotatable bonds is 3. The van der Waals surface area contributed by atoms with Crippen LogP contribution in [0.4, 0.5) is 0 Å². The second-order valence-corrected chi connectivity index (χ2v) is 5.06. The number of hydrogen-bond donors (Lipinski definition) is 0. The van der Waals surface area contributed by atoms with E-state index in [1.54, 1.807) is 19.1 Å². The highest BCUT2D eigenvalue weighted by molar-refractivity contribution is 6.06. The summed E-state index contributed by atoms with van der Waals surface area (Å²) in [7, 11) is 0. The molecule has 3 aromatic rings. The summed E-state index contributed by atoms with van der Waals surface area (Å²) in [4.78, 5) is 11.0. The third-order valence-electron chi connectivity index (χ3n) is 3.52. The van der Waals surface area contributed by atoms with Crippen molar-refractivity contribution < 1.29 is 4.79 Å². The molecular formula is C20H16O. The van der Waals surface area contributed by atoms with Gasteiger partial charge in [0.15, 0.2) is 5.78 Å². The monoisotopic (exact) mass is 272 g/mol. The van der Waals surface area contributed by atoms with Crippen LogP contribution in [-0.4, -0.2) is 5.78 Å². The first-order valence-corrected chi connectivity index (χ1v) is 7.01. The second kappa shape index (κ2) is 5.76. The van der Waals surface area contributed by atoms with Gasteiger partial charge in [-0.3, -0.25) is 4.79 Å². The fourth-order valence-corrected chi connectivity index (χ4v) is 2.57. The van der Waals surface area contributed by atoms with Crippen molar-refractivity contribution in [2.75, 3.05) is 0 Å². The quantitative estimate of drug-likeness (QED) is 0.366. The van der Waals surface area contributed by atoms with Gasteiger partial charge in [0.1, 0.15) is 0 Å². The predicted molar refractivity (Wildman–Crippen MR) is 90.3 cm³/mol. The lowest BCUT2D eigenvalue weighted by Crippen LogP contribution is -1.83. The number of fused-ring (bicyclic) bond motifs is 2. The molecule has 1 nitrogen and oxygen atoms in total. The highest BCUT2D eigenvalue weighted by Gasteiger charge is 2.03. The van der Waals surface area contributed by atoms with E-state index in [0.29, 0.717) is 0 Å². The Kier molecular flexibility index (Phi) is 3.65. The Bertz CT molecular complexity index is 815. The van der Waals surface area contributed by atoms with E-state index >= 15 is 0 Å². The van der Waals surface area contributed by atoms with Gasteiger partial charge >= 0.3 is 0 Å². The molecule has 0 radical (unpaired) electrons. The smallest absolute Gasteiger partial charge is 0.152 e. The Morgan fingerprint density at radius 1 is 0.857 bits per heavy atom. The molecule has 3 aromatic carbocycles. The fourth-order valence-electron chi connectivity index (χ4n) is 2.57. The zero-order valence-electron chi connectivity index (χ0n) is 11.9. The van der Waals surface area contributed by atoms with Crippen molar-refractivity contribution >= 4 is 33.4 Å². The normalized spacial score (nSPS) is 11.9. The molecule has 1 heteroatoms. The van der Waals surface area contributed by atoms with E-state index in [1.165, 1.54) is 27.1 Å². The van der Waals surface area contributed by atoms with Crippen molar-refractivity contribution in [1.29, 1.82) is 0 Å². The minimum absolute atomic E-state index is 0.0578. The number of carbonyl (C=O) groups is 1. The number of allylic oxidation sites excluding steroid dienone is 3. The van der Waals surface area contributed by atoms with Gasteiger partial charge < -0.3 is 0 Å². The molecule has 0 aliphatic carbocycles. The summed E-state index contributed by atoms with van der Waals surface area (Å²) < 4.78 is 0. The van der Waals surface area contributed by atoms with Gasteiger partial charge in [0.25, 0.3) is 0 Å². The molecule has 0 fully saturated rings. The number of benzene rings is 3. The van der Waals surface area contributed by atoms with Gasteiger partial charge in [-0.15, -0.1) is 0 Å². The van der Waals surface area contributed by atoms with E-state index in [4.69, 9.17) is 0 Å². The molecule has 0 bridgehead atoms. The molecule has 0 atom stereocenters. The summed E-state index contributed by atoms with van der Waals surface area (Å²) in [5, 5.41) is 4.91. The minimum atomic E-state index is 0.0578. The van der Waals surface area contributed by atoms with Gasteiger partial charge in [0, 0.05) is 0 Å². The number of ketones is 1. The second-order valence-electron chi connectivity index (χ2n) is 5.06. The standard InChI is InChI=1S/C20H16O/c1-15(21)8-2-5-13-20-18-11-6-3-9-16(18)14-17-10-4-7-12-19(17)20/h2-14H,1H3/b8-2+,13-5-. The fraction of sp³-hybridized carbons (Fsp3) is 0.0500. The maximum atomic E-state index is 11.0. The molecule has 0 heterocycles. The average Bonchev–Trinajstić information content (AvgIpc) is 2.50. The Morgan fingerprint density at radius 3 is 2.00 bits per heavy atom. The lowest BCUT2D eigenvalue weighted by molar-refractivity contribution is -0.112. The molecule has 3 rings (SSSR count). The first-order valence-electron chi connectivity index (χ1n) is 7.01. The van der Waals surface area contributed by atoms with Crippen LogP contribution in [0, 0.1) is 0 Å². The largest absolute Gasteiger partial charge is 0.295 e. The van der Waals surface area contributed by atoms with Crippen LogP contribution < -0.4 is 0 Å². The van der Waals surface area contributed by atoms with Crippen LogP contribution >= 0.6 is 0 Å². The molecule has 0 aliphatic heterocycles. The van der Waals surface area contributed by atoms with Gasteiger partial charge in [-0.25, -0.2) is 0 Å². The summed E-state index contributed by atoms with van der Waals surface area (Å²) in [6.45, 7) is 1.55. The van der Waals surface area contributed by atoms with Gasteiger partial charge in [0.05, 0.1) is 0 Å². The minimum Gasteiger partial charge on any atom is -0.295 e. The van der Waals surface area contributed by atoms with Crippen molar-refractivity contribution in [3.63, 3.8) is 0 Å². The van der Waals surface area contributed by atoms with Gasteiger partial charge in [-0.05, 0) is 46.2 Å². The predicted octanol–water partition coefficient (Wildman–Crippen LogP) is 5.15. The van der Waals surface area contributed by atoms with Crippen molar-refractivity contribution in [1.82, 2.24) is 0 Å². The topological polar surface area (TPSA) is 17.1 Å². The van der Waals surface area contributed by atoms with E-state index in [-0.39, 0.29) is 5.78 Å². The third-order valence-corrected chi connectivity index (χ3v) is 3.52. The van der Waals surface area contributed by atoms with Crippen molar-refractivity contribution in [2.24, 2.45) is 0 Å². The van der Waals surface area contributed by atoms with E-state index < -0.39 is 0 Å². The number of carbonyl (C=O) groups excluding carboxylic acids is 1. The highest BCUT2D eigenvalue weighted by atomic mass is 16.1. The maximum Gasteiger partial charge on any atom is 0.152 e. The zero-order chi connectivity index (χ0) is 14.7. The molecule has 0 saturated carbocycles. The molecule has 0 saturated heterocycles. The molecule has 0 unspecified atom stereocenters. The van der Waals surface area contributed by atoms with E-state index in [2.05, 4.69) is 60.7 Å². The Hall–Kier alpha value is -2.67. The Balaban J connectivity index is 2.23. The summed E-state index contributed by atoms with van der Waals surface area (Å²) in [5.74, 6) is 0.0578. The lowest BCUT2D eigenvalue weighted by atomic mass is 9.96. The van der Waals surface area contributed by atoms with Crippen LogP contribution in [0.25, 0.3) is 27.6 Å². The first-order chi connectivity index (χ1) is 10.3. The third kappa shape index (κ3) is 2.77. The van der Waals surface area contributed by atoms with Crippen LogP contribution in [0.15, 0.2) is 72.8 Å². The van der Waals surface area contributed by atoms with E-state index in [9.17, 15) is 4.79 Å². The first kappa shape index (κ1) is 13.3. The summed E-state index contributed by atoms with van der Waals surface area (Å²) in [5.41, 5.74) is 1.19. The average molecular weight is 272 g/mol. The van der Waals surface area contributed by atoms with Crippen molar-refractivity contribution in [3.8, 4) is 0 Å². The van der Waals surface area contributed by atoms with Gasteiger partial charge in [-0.1, -0.05) is 66.8 Å². The molecule has 0 aliphatic rings. The van der Waals surface area contributed by atoms with Gasteiger partial charge in [-0.2, -0.15) is 0 Å². The maximum absolute atomic E-state index is 11.0. The SMILES string of the molecule is CC(=O)/C=C/C=C\c1c2ccccc2cc2ccccc12. The summed E-state index contributed by atoms with van der Waals surface area (Å²) in [6.07, 6.45) is 7.36. The molecule has 21 heavy (non-hydrogen) atoms. The van der Waals surface area contributed by atoms with Crippen molar-refractivity contribution in [3.05, 3.63) is 78.4 Å². The van der Waals surface area contributed by atoms with E-state index in [1.807, 2.05) is 6.08 Å². The van der Waals surface area contributed by atoms with E-state index in [0.717, 1.165) is 0 Å². The van der Waals surface area contributed by atoms with Crippen LogP contribution in [0.1, 0.15) is 12.5 Å². The molecular weight excluding hydrogens is 256 g/mol. The molecule has 0 N–H and O–H groups in total. The summed E-state index contributed by atoms with van der Waals surface area (Å²) in [6, 6.07) is 19.0. The van der Waals surface area contributed by atoms with Crippen LogP contribution in [0.3, 0.4) is 0 Å². The van der Waals surface area contributed by atoms with Crippen LogP contribution in [0.2, 0.25) is 0 Å². The Morgan fingerprint density at radius 2 is 1.43 bits per heavy atom. The summed E-state index contributed by atoms with van der Waals surface area (Å²) >= 11 is 0. The molecule has 102 valence electrons. The van der Waals surface area contributed by atoms with Gasteiger partial charge in [0.2, 0.25) is 0 Å². The molecule has 0 spiro atoms. The highest BCUT2D eigenvalue weighted by Crippen LogP contribution is 2.29. The Labute approximate surface area is 124 Å².